The number of nitrogens with zero attached hydrogens (tertiary/aromatic N) is 3. The van der Waals surface area contributed by atoms with Gasteiger partial charge < -0.3 is 15.3 Å². The minimum atomic E-state index is -1.06. The summed E-state index contributed by atoms with van der Waals surface area (Å²) in [6, 6.07) is 9.58. The van der Waals surface area contributed by atoms with Gasteiger partial charge in [0.05, 0.1) is 11.7 Å². The largest absolute Gasteiger partial charge is 0.465 e. The first-order valence-corrected chi connectivity index (χ1v) is 11.0. The second-order valence-corrected chi connectivity index (χ2v) is 8.62. The molecule has 2 aliphatic heterocycles. The van der Waals surface area contributed by atoms with Crippen molar-refractivity contribution in [2.45, 2.75) is 58.2 Å². The van der Waals surface area contributed by atoms with Crippen LogP contribution in [0.1, 0.15) is 56.8 Å². The minimum absolute atomic E-state index is 0.0426. The summed E-state index contributed by atoms with van der Waals surface area (Å²) in [5.74, 6) is -0.0426. The molecule has 3 heterocycles. The highest BCUT2D eigenvalue weighted by atomic mass is 16.4. The summed E-state index contributed by atoms with van der Waals surface area (Å²) < 4.78 is 0. The molecule has 164 valence electrons. The van der Waals surface area contributed by atoms with E-state index in [-0.39, 0.29) is 18.0 Å². The van der Waals surface area contributed by atoms with Gasteiger partial charge >= 0.3 is 6.09 Å². The smallest absolute Gasteiger partial charge is 0.405 e. The topological polar surface area (TPSA) is 85.8 Å². The number of aromatic nitrogens is 1. The Morgan fingerprint density at radius 1 is 1.13 bits per heavy atom. The van der Waals surface area contributed by atoms with E-state index in [1.807, 2.05) is 31.3 Å². The molecule has 7 heteroatoms. The fourth-order valence-corrected chi connectivity index (χ4v) is 4.84. The third kappa shape index (κ3) is 4.71. The molecule has 2 N–H and O–H groups in total. The van der Waals surface area contributed by atoms with Gasteiger partial charge in [-0.2, -0.15) is 0 Å². The fraction of sp³-hybridized carbons (Fsp3) is 0.458. The third-order valence-electron chi connectivity index (χ3n) is 6.31. The summed E-state index contributed by atoms with van der Waals surface area (Å²) in [4.78, 5) is 32.4. The molecule has 31 heavy (non-hydrogen) atoms. The normalized spacial score (nSPS) is 21.4. The molecule has 7 nitrogen and oxygen atoms in total. The number of rotatable bonds is 4. The standard InChI is InChI=1S/C24H30N4O3/c1-16-12-22(26-24(30)31)21-13-18(7-9-23(21)28(16)17(2)29)19-6-8-20(25-14-19)15-27-10-4-3-5-11-27/h6-9,13-14,16,22,26H,3-5,10-12,15H2,1-2H3,(H,30,31)/t16-,22+/m0/s1. The lowest BCUT2D eigenvalue weighted by molar-refractivity contribution is -0.117. The van der Waals surface area contributed by atoms with Crippen molar-refractivity contribution in [3.8, 4) is 11.1 Å². The second kappa shape index (κ2) is 9.06. The Hall–Kier alpha value is -2.93. The van der Waals surface area contributed by atoms with Crippen molar-refractivity contribution in [1.29, 1.82) is 0 Å². The number of carbonyl (C=O) groups excluding carboxylic acids is 1. The van der Waals surface area contributed by atoms with Crippen LogP contribution in [0.2, 0.25) is 0 Å². The second-order valence-electron chi connectivity index (χ2n) is 8.62. The highest BCUT2D eigenvalue weighted by Gasteiger charge is 2.33. The number of anilines is 1. The van der Waals surface area contributed by atoms with Gasteiger partial charge in [-0.05, 0) is 68.6 Å². The molecule has 0 aliphatic carbocycles. The highest BCUT2D eigenvalue weighted by Crippen LogP contribution is 2.39. The predicted molar refractivity (Wildman–Crippen MR) is 120 cm³/mol. The van der Waals surface area contributed by atoms with E-state index in [0.717, 1.165) is 47.7 Å². The minimum Gasteiger partial charge on any atom is -0.465 e. The fourth-order valence-electron chi connectivity index (χ4n) is 4.84. The molecule has 1 aromatic heterocycles. The molecule has 2 aliphatic rings. The Balaban J connectivity index is 1.61. The summed E-state index contributed by atoms with van der Waals surface area (Å²) in [6.07, 6.45) is 5.19. The summed E-state index contributed by atoms with van der Waals surface area (Å²) in [7, 11) is 0. The van der Waals surface area contributed by atoms with Gasteiger partial charge in [0.15, 0.2) is 0 Å². The lowest BCUT2D eigenvalue weighted by atomic mass is 9.89. The maximum atomic E-state index is 12.2. The molecule has 0 unspecified atom stereocenters. The SMILES string of the molecule is CC(=O)N1c2ccc(-c3ccc(CN4CCCCC4)nc3)cc2[C@H](NC(=O)O)C[C@@H]1C. The maximum Gasteiger partial charge on any atom is 0.405 e. The first-order valence-electron chi connectivity index (χ1n) is 11.0. The molecule has 1 aromatic carbocycles. The van der Waals surface area contributed by atoms with E-state index in [1.54, 1.807) is 11.8 Å². The van der Waals surface area contributed by atoms with Gasteiger partial charge in [0, 0.05) is 37.0 Å². The number of carboxylic acid groups (broad SMARTS) is 1. The molecule has 0 bridgehead atoms. The van der Waals surface area contributed by atoms with Crippen molar-refractivity contribution in [1.82, 2.24) is 15.2 Å². The van der Waals surface area contributed by atoms with E-state index in [4.69, 9.17) is 0 Å². The molecule has 1 fully saturated rings. The van der Waals surface area contributed by atoms with Crippen LogP contribution in [0, 0.1) is 0 Å². The van der Waals surface area contributed by atoms with Crippen LogP contribution < -0.4 is 10.2 Å². The van der Waals surface area contributed by atoms with Crippen molar-refractivity contribution in [2.24, 2.45) is 0 Å². The van der Waals surface area contributed by atoms with Gasteiger partial charge in [-0.15, -0.1) is 0 Å². The molecule has 0 spiro atoms. The molecular weight excluding hydrogens is 392 g/mol. The molecule has 4 rings (SSSR count). The molecule has 2 atom stereocenters. The average molecular weight is 423 g/mol. The predicted octanol–water partition coefficient (Wildman–Crippen LogP) is 4.19. The number of fused-ring (bicyclic) bond motifs is 1. The van der Waals surface area contributed by atoms with Crippen LogP contribution in [-0.2, 0) is 11.3 Å². The van der Waals surface area contributed by atoms with Crippen LogP contribution in [0.4, 0.5) is 10.5 Å². The number of hydrogen-bond donors (Lipinski definition) is 2. The summed E-state index contributed by atoms with van der Waals surface area (Å²) >= 11 is 0. The third-order valence-corrected chi connectivity index (χ3v) is 6.31. The molecular formula is C24H30N4O3. The van der Waals surface area contributed by atoms with Crippen molar-refractivity contribution in [3.63, 3.8) is 0 Å². The number of likely N-dealkylation sites (tertiary alicyclic amines) is 1. The maximum absolute atomic E-state index is 12.2. The van der Waals surface area contributed by atoms with Crippen molar-refractivity contribution >= 4 is 17.7 Å². The quantitative estimate of drug-likeness (QED) is 0.772. The van der Waals surface area contributed by atoms with Crippen LogP contribution in [0.3, 0.4) is 0 Å². The van der Waals surface area contributed by atoms with E-state index in [2.05, 4.69) is 27.3 Å². The Morgan fingerprint density at radius 3 is 2.52 bits per heavy atom. The van der Waals surface area contributed by atoms with E-state index in [9.17, 15) is 14.7 Å². The molecule has 2 aromatic rings. The number of carbonyl (C=O) groups is 2. The van der Waals surface area contributed by atoms with Crippen molar-refractivity contribution in [3.05, 3.63) is 47.8 Å². The van der Waals surface area contributed by atoms with E-state index in [0.29, 0.717) is 6.42 Å². The Labute approximate surface area is 183 Å². The summed E-state index contributed by atoms with van der Waals surface area (Å²) in [6.45, 7) is 6.64. The lowest BCUT2D eigenvalue weighted by Crippen LogP contribution is -2.45. The monoisotopic (exact) mass is 422 g/mol. The van der Waals surface area contributed by atoms with Gasteiger partial charge in [-0.3, -0.25) is 14.7 Å². The molecule has 1 saturated heterocycles. The molecule has 0 radical (unpaired) electrons. The number of piperidine rings is 1. The zero-order chi connectivity index (χ0) is 22.0. The summed E-state index contributed by atoms with van der Waals surface area (Å²) in [5.41, 5.74) is 4.60. The zero-order valence-electron chi connectivity index (χ0n) is 18.2. The summed E-state index contributed by atoms with van der Waals surface area (Å²) in [5, 5.41) is 11.9. The van der Waals surface area contributed by atoms with E-state index in [1.165, 1.54) is 19.3 Å². The van der Waals surface area contributed by atoms with Crippen LogP contribution in [0.25, 0.3) is 11.1 Å². The Kier molecular flexibility index (Phi) is 6.23. The first kappa shape index (κ1) is 21.3. The Bertz CT molecular complexity index is 954. The van der Waals surface area contributed by atoms with Crippen LogP contribution in [0.15, 0.2) is 36.5 Å². The van der Waals surface area contributed by atoms with Crippen molar-refractivity contribution in [2.75, 3.05) is 18.0 Å². The van der Waals surface area contributed by atoms with Crippen LogP contribution >= 0.6 is 0 Å². The number of amides is 2. The van der Waals surface area contributed by atoms with Crippen molar-refractivity contribution < 1.29 is 14.7 Å². The average Bonchev–Trinajstić information content (AvgIpc) is 2.74. The van der Waals surface area contributed by atoms with Crippen LogP contribution in [0.5, 0.6) is 0 Å². The molecule has 0 saturated carbocycles. The zero-order valence-corrected chi connectivity index (χ0v) is 18.2. The van der Waals surface area contributed by atoms with Gasteiger partial charge in [0.25, 0.3) is 0 Å². The van der Waals surface area contributed by atoms with Gasteiger partial charge in [-0.25, -0.2) is 4.79 Å². The van der Waals surface area contributed by atoms with Gasteiger partial charge in [0.2, 0.25) is 5.91 Å². The first-order chi connectivity index (χ1) is 14.9. The number of hydrogen-bond acceptors (Lipinski definition) is 4. The Morgan fingerprint density at radius 2 is 1.87 bits per heavy atom. The number of nitrogens with one attached hydrogen (secondary N) is 1. The van der Waals surface area contributed by atoms with E-state index < -0.39 is 6.09 Å². The lowest BCUT2D eigenvalue weighted by Gasteiger charge is -2.39. The molecule has 2 amide bonds. The van der Waals surface area contributed by atoms with Gasteiger partial charge in [-0.1, -0.05) is 18.6 Å². The van der Waals surface area contributed by atoms with E-state index >= 15 is 0 Å². The van der Waals surface area contributed by atoms with Crippen LogP contribution in [-0.4, -0.2) is 46.1 Å². The number of benzene rings is 1. The van der Waals surface area contributed by atoms with Gasteiger partial charge in [0.1, 0.15) is 0 Å². The highest BCUT2D eigenvalue weighted by molar-refractivity contribution is 5.94. The number of pyridine rings is 1.